The maximum atomic E-state index is 13.2. The molecule has 200 valence electrons. The minimum atomic E-state index is -1.40. The fourth-order valence-electron chi connectivity index (χ4n) is 3.23. The van der Waals surface area contributed by atoms with Gasteiger partial charge in [-0.2, -0.15) is 0 Å². The van der Waals surface area contributed by atoms with E-state index in [4.69, 9.17) is 16.6 Å². The second kappa shape index (κ2) is 14.6. The van der Waals surface area contributed by atoms with Crippen LogP contribution in [0.25, 0.3) is 0 Å². The van der Waals surface area contributed by atoms with Crippen LogP contribution in [0, 0.1) is 5.92 Å². The van der Waals surface area contributed by atoms with Crippen LogP contribution < -0.4 is 27.4 Å². The number of aliphatic hydroxyl groups is 1. The Labute approximate surface area is 208 Å². The van der Waals surface area contributed by atoms with E-state index in [0.29, 0.717) is 5.56 Å². The quantitative estimate of drug-likeness (QED) is 0.132. The van der Waals surface area contributed by atoms with Gasteiger partial charge in [-0.15, -0.1) is 0 Å². The van der Waals surface area contributed by atoms with E-state index in [9.17, 15) is 34.2 Å². The highest BCUT2D eigenvalue weighted by atomic mass is 16.4. The van der Waals surface area contributed by atoms with Gasteiger partial charge in [0.15, 0.2) is 0 Å². The van der Waals surface area contributed by atoms with Crippen LogP contribution in [0.4, 0.5) is 0 Å². The molecule has 0 aromatic heterocycles. The number of aliphatic carboxylic acids is 1. The minimum absolute atomic E-state index is 0.00378. The Morgan fingerprint density at radius 2 is 1.42 bits per heavy atom. The van der Waals surface area contributed by atoms with E-state index in [1.54, 1.807) is 26.0 Å². The zero-order valence-electron chi connectivity index (χ0n) is 20.3. The second-order valence-electron chi connectivity index (χ2n) is 8.82. The van der Waals surface area contributed by atoms with Gasteiger partial charge in [0.05, 0.1) is 6.61 Å². The van der Waals surface area contributed by atoms with E-state index in [1.165, 1.54) is 12.1 Å². The van der Waals surface area contributed by atoms with Crippen molar-refractivity contribution in [3.63, 3.8) is 0 Å². The maximum Gasteiger partial charge on any atom is 0.326 e. The van der Waals surface area contributed by atoms with Crippen molar-refractivity contribution < 1.29 is 39.3 Å². The number of hydrogen-bond donors (Lipinski definition) is 8. The number of nitrogens with one attached hydrogen (secondary N) is 3. The number of rotatable bonds is 15. The van der Waals surface area contributed by atoms with Crippen LogP contribution in [0.1, 0.15) is 38.7 Å². The number of aromatic hydroxyl groups is 1. The fraction of sp³-hybridized carbons (Fsp3) is 0.522. The van der Waals surface area contributed by atoms with Gasteiger partial charge < -0.3 is 42.7 Å². The molecule has 0 radical (unpaired) electrons. The molecule has 0 aliphatic heterocycles. The van der Waals surface area contributed by atoms with Gasteiger partial charge in [0.25, 0.3) is 0 Å². The summed E-state index contributed by atoms with van der Waals surface area (Å²) >= 11 is 0. The number of aliphatic hydroxyl groups excluding tert-OH is 1. The van der Waals surface area contributed by atoms with Crippen LogP contribution in [-0.2, 0) is 30.4 Å². The van der Waals surface area contributed by atoms with Crippen molar-refractivity contribution in [2.75, 3.05) is 6.61 Å². The second-order valence-corrected chi connectivity index (χ2v) is 8.82. The molecular formula is C23H35N5O8. The standard InChI is InChI=1S/C23H35N5O8/c1-12(2)9-17(21(33)26-16(23(35)36)7-8-19(25)31)28-22(34)18(27-20(32)15(24)11-29)10-13-3-5-14(30)6-4-13/h3-6,12,15-18,29-30H,7-11,24H2,1-2H3,(H2,25,31)(H,26,33)(H,27,32)(H,28,34)(H,35,36). The Hall–Kier alpha value is -3.71. The van der Waals surface area contributed by atoms with Gasteiger partial charge in [-0.3, -0.25) is 19.2 Å². The topological polar surface area (TPSA) is 234 Å². The number of carbonyl (C=O) groups excluding carboxylic acids is 4. The highest BCUT2D eigenvalue weighted by molar-refractivity contribution is 5.94. The number of benzene rings is 1. The molecular weight excluding hydrogens is 474 g/mol. The first kappa shape index (κ1) is 30.3. The molecule has 10 N–H and O–H groups in total. The summed E-state index contributed by atoms with van der Waals surface area (Å²) < 4.78 is 0. The van der Waals surface area contributed by atoms with Gasteiger partial charge in [-0.25, -0.2) is 4.79 Å². The van der Waals surface area contributed by atoms with Gasteiger partial charge in [0, 0.05) is 12.8 Å². The zero-order chi connectivity index (χ0) is 27.4. The van der Waals surface area contributed by atoms with Gasteiger partial charge in [-0.05, 0) is 36.5 Å². The van der Waals surface area contributed by atoms with Gasteiger partial charge in [-0.1, -0.05) is 26.0 Å². The monoisotopic (exact) mass is 509 g/mol. The van der Waals surface area contributed by atoms with Gasteiger partial charge in [0.2, 0.25) is 23.6 Å². The molecule has 0 heterocycles. The molecule has 13 heteroatoms. The van der Waals surface area contributed by atoms with Crippen LogP contribution in [0.5, 0.6) is 5.75 Å². The third-order valence-corrected chi connectivity index (χ3v) is 5.18. The molecule has 0 saturated carbocycles. The third-order valence-electron chi connectivity index (χ3n) is 5.18. The number of carbonyl (C=O) groups is 5. The number of amides is 4. The third kappa shape index (κ3) is 10.7. The molecule has 1 aromatic rings. The molecule has 0 fully saturated rings. The van der Waals surface area contributed by atoms with E-state index < -0.39 is 60.4 Å². The Kier molecular flexibility index (Phi) is 12.3. The number of carboxylic acid groups (broad SMARTS) is 1. The van der Waals surface area contributed by atoms with Crippen LogP contribution in [0.2, 0.25) is 0 Å². The lowest BCUT2D eigenvalue weighted by atomic mass is 10.00. The molecule has 1 aromatic carbocycles. The molecule has 0 aliphatic carbocycles. The smallest absolute Gasteiger partial charge is 0.326 e. The highest BCUT2D eigenvalue weighted by Gasteiger charge is 2.31. The number of primary amides is 1. The van der Waals surface area contributed by atoms with Crippen molar-refractivity contribution in [3.8, 4) is 5.75 Å². The Bertz CT molecular complexity index is 922. The Balaban J connectivity index is 3.10. The first-order chi connectivity index (χ1) is 16.8. The van der Waals surface area contributed by atoms with Crippen LogP contribution in [-0.4, -0.2) is 75.7 Å². The lowest BCUT2D eigenvalue weighted by molar-refractivity contribution is -0.142. The van der Waals surface area contributed by atoms with Crippen molar-refractivity contribution in [1.29, 1.82) is 0 Å². The number of nitrogens with two attached hydrogens (primary N) is 2. The van der Waals surface area contributed by atoms with Gasteiger partial charge >= 0.3 is 5.97 Å². The summed E-state index contributed by atoms with van der Waals surface area (Å²) in [6, 6.07) is 0.857. The largest absolute Gasteiger partial charge is 0.508 e. The molecule has 13 nitrogen and oxygen atoms in total. The van der Waals surface area contributed by atoms with Crippen molar-refractivity contribution in [3.05, 3.63) is 29.8 Å². The molecule has 0 saturated heterocycles. The van der Waals surface area contributed by atoms with E-state index in [0.717, 1.165) is 0 Å². The molecule has 4 atom stereocenters. The van der Waals surface area contributed by atoms with Crippen LogP contribution >= 0.6 is 0 Å². The normalized spacial score (nSPS) is 14.2. The number of phenolic OH excluding ortho intramolecular Hbond substituents is 1. The van der Waals surface area contributed by atoms with E-state index in [-0.39, 0.29) is 37.4 Å². The average molecular weight is 510 g/mol. The van der Waals surface area contributed by atoms with Crippen molar-refractivity contribution in [2.24, 2.45) is 17.4 Å². The lowest BCUT2D eigenvalue weighted by Gasteiger charge is -2.26. The predicted molar refractivity (Wildman–Crippen MR) is 128 cm³/mol. The van der Waals surface area contributed by atoms with Crippen molar-refractivity contribution in [2.45, 2.75) is 63.7 Å². The summed E-state index contributed by atoms with van der Waals surface area (Å²) in [6.07, 6.45) is -0.361. The fourth-order valence-corrected chi connectivity index (χ4v) is 3.23. The van der Waals surface area contributed by atoms with Crippen molar-refractivity contribution >= 4 is 29.6 Å². The summed E-state index contributed by atoms with van der Waals surface area (Å²) in [7, 11) is 0. The molecule has 4 unspecified atom stereocenters. The maximum absolute atomic E-state index is 13.2. The first-order valence-corrected chi connectivity index (χ1v) is 11.4. The summed E-state index contributed by atoms with van der Waals surface area (Å²) in [5, 5.41) is 35.3. The minimum Gasteiger partial charge on any atom is -0.508 e. The summed E-state index contributed by atoms with van der Waals surface area (Å²) in [5.41, 5.74) is 11.2. The molecule has 4 amide bonds. The Morgan fingerprint density at radius 3 is 1.92 bits per heavy atom. The average Bonchev–Trinajstić information content (AvgIpc) is 2.80. The SMILES string of the molecule is CC(C)CC(NC(=O)C(Cc1ccc(O)cc1)NC(=O)C(N)CO)C(=O)NC(CCC(N)=O)C(=O)O. The number of hydrogen-bond acceptors (Lipinski definition) is 8. The van der Waals surface area contributed by atoms with E-state index in [1.807, 2.05) is 0 Å². The van der Waals surface area contributed by atoms with Crippen LogP contribution in [0.3, 0.4) is 0 Å². The van der Waals surface area contributed by atoms with E-state index in [2.05, 4.69) is 16.0 Å². The molecule has 0 bridgehead atoms. The van der Waals surface area contributed by atoms with Gasteiger partial charge in [0.1, 0.15) is 29.9 Å². The predicted octanol–water partition coefficient (Wildman–Crippen LogP) is -1.90. The first-order valence-electron chi connectivity index (χ1n) is 11.4. The Morgan fingerprint density at radius 1 is 0.889 bits per heavy atom. The van der Waals surface area contributed by atoms with E-state index >= 15 is 0 Å². The number of carboxylic acids is 1. The number of phenols is 1. The summed E-state index contributed by atoms with van der Waals surface area (Å²) in [6.45, 7) is 2.94. The lowest BCUT2D eigenvalue weighted by Crippen LogP contribution is -2.58. The highest BCUT2D eigenvalue weighted by Crippen LogP contribution is 2.13. The summed E-state index contributed by atoms with van der Waals surface area (Å²) in [5.74, 6) is -4.49. The molecule has 1 rings (SSSR count). The molecule has 0 spiro atoms. The zero-order valence-corrected chi connectivity index (χ0v) is 20.3. The molecule has 36 heavy (non-hydrogen) atoms. The summed E-state index contributed by atoms with van der Waals surface area (Å²) in [4.78, 5) is 60.9. The van der Waals surface area contributed by atoms with Crippen molar-refractivity contribution in [1.82, 2.24) is 16.0 Å². The van der Waals surface area contributed by atoms with Crippen LogP contribution in [0.15, 0.2) is 24.3 Å². The molecule has 0 aliphatic rings.